The van der Waals surface area contributed by atoms with Crippen molar-refractivity contribution < 1.29 is 0 Å². The van der Waals surface area contributed by atoms with E-state index in [0.29, 0.717) is 0 Å². The van der Waals surface area contributed by atoms with E-state index in [1.165, 1.54) is 0 Å². The fourth-order valence-corrected chi connectivity index (χ4v) is 1.64. The summed E-state index contributed by atoms with van der Waals surface area (Å²) in [4.78, 5) is 4.30. The number of hydrogen-bond acceptors (Lipinski definition) is 2. The molecule has 2 aromatic heterocycles. The van der Waals surface area contributed by atoms with E-state index in [1.807, 2.05) is 29.7 Å². The number of nitrogens with zero attached hydrogens (tertiary/aromatic N) is 2. The molecule has 0 aromatic carbocycles. The molecule has 2 N–H and O–H groups in total. The van der Waals surface area contributed by atoms with Crippen LogP contribution in [0.1, 0.15) is 12.6 Å². The number of aromatic nitrogens is 2. The van der Waals surface area contributed by atoms with Gasteiger partial charge in [0.15, 0.2) is 0 Å². The van der Waals surface area contributed by atoms with Gasteiger partial charge >= 0.3 is 0 Å². The van der Waals surface area contributed by atoms with Crippen molar-refractivity contribution in [2.24, 2.45) is 5.73 Å². The third-order valence-corrected chi connectivity index (χ3v) is 2.33. The number of nitrogens with two attached hydrogens (primary N) is 1. The second-order valence-electron chi connectivity index (χ2n) is 3.51. The molecule has 2 heterocycles. The summed E-state index contributed by atoms with van der Waals surface area (Å²) in [5, 5.41) is 0.726. The summed E-state index contributed by atoms with van der Waals surface area (Å²) >= 11 is 5.91. The van der Waals surface area contributed by atoms with E-state index in [1.54, 1.807) is 6.33 Å². The lowest BCUT2D eigenvalue weighted by Crippen LogP contribution is -2.18. The van der Waals surface area contributed by atoms with Gasteiger partial charge in [0.2, 0.25) is 0 Å². The maximum Gasteiger partial charge on any atom is 0.0995 e. The minimum absolute atomic E-state index is 0.118. The van der Waals surface area contributed by atoms with Crippen LogP contribution in [0.5, 0.6) is 0 Å². The molecule has 2 rings (SSSR count). The molecule has 14 heavy (non-hydrogen) atoms. The van der Waals surface area contributed by atoms with Crippen LogP contribution in [-0.4, -0.2) is 15.4 Å². The lowest BCUT2D eigenvalue weighted by atomic mass is 10.2. The average molecular weight is 210 g/mol. The fraction of sp³-hybridized carbons (Fsp3) is 0.300. The molecule has 0 aliphatic rings. The van der Waals surface area contributed by atoms with E-state index in [0.717, 1.165) is 22.7 Å². The third-order valence-electron chi connectivity index (χ3n) is 2.10. The smallest absolute Gasteiger partial charge is 0.0995 e. The molecule has 74 valence electrons. The van der Waals surface area contributed by atoms with Crippen molar-refractivity contribution in [3.63, 3.8) is 0 Å². The molecule has 0 aliphatic heterocycles. The molecular formula is C10H12ClN3. The molecule has 0 saturated heterocycles. The number of pyridine rings is 1. The highest BCUT2D eigenvalue weighted by atomic mass is 35.5. The minimum atomic E-state index is 0.118. The molecule has 4 heteroatoms. The summed E-state index contributed by atoms with van der Waals surface area (Å²) in [5.74, 6) is 0. The number of hydrogen-bond donors (Lipinski definition) is 1. The van der Waals surface area contributed by atoms with Crippen LogP contribution < -0.4 is 5.73 Å². The van der Waals surface area contributed by atoms with E-state index in [9.17, 15) is 0 Å². The van der Waals surface area contributed by atoms with Gasteiger partial charge in [-0.25, -0.2) is 4.98 Å². The lowest BCUT2D eigenvalue weighted by molar-refractivity contribution is 0.729. The molecule has 1 unspecified atom stereocenters. The Morgan fingerprint density at radius 1 is 1.64 bits per heavy atom. The predicted octanol–water partition coefficient (Wildman–Crippen LogP) is 1.88. The Bertz CT molecular complexity index is 448. The Kier molecular flexibility index (Phi) is 2.44. The van der Waals surface area contributed by atoms with Crippen LogP contribution in [0, 0.1) is 0 Å². The average Bonchev–Trinajstić information content (AvgIpc) is 2.47. The summed E-state index contributed by atoms with van der Waals surface area (Å²) < 4.78 is 1.95. The van der Waals surface area contributed by atoms with Gasteiger partial charge in [-0.3, -0.25) is 0 Å². The van der Waals surface area contributed by atoms with Crippen LogP contribution >= 0.6 is 11.6 Å². The van der Waals surface area contributed by atoms with Crippen LogP contribution in [0.4, 0.5) is 0 Å². The van der Waals surface area contributed by atoms with Gasteiger partial charge in [0, 0.05) is 23.7 Å². The standard InChI is InChI=1S/C10H12ClN3/c1-7(12)4-9-10-5-8(11)2-3-14(10)6-13-9/h2-3,5-7H,4,12H2,1H3. The van der Waals surface area contributed by atoms with Crippen molar-refractivity contribution in [2.75, 3.05) is 0 Å². The summed E-state index contributed by atoms with van der Waals surface area (Å²) in [7, 11) is 0. The van der Waals surface area contributed by atoms with Gasteiger partial charge < -0.3 is 10.1 Å². The molecule has 0 amide bonds. The highest BCUT2D eigenvalue weighted by Gasteiger charge is 2.06. The molecule has 2 aromatic rings. The first-order valence-corrected chi connectivity index (χ1v) is 4.91. The van der Waals surface area contributed by atoms with Gasteiger partial charge in [0.25, 0.3) is 0 Å². The SMILES string of the molecule is CC(N)Cc1ncn2ccc(Cl)cc12. The normalized spacial score (nSPS) is 13.4. The van der Waals surface area contributed by atoms with Crippen molar-refractivity contribution in [1.82, 2.24) is 9.38 Å². The van der Waals surface area contributed by atoms with E-state index in [2.05, 4.69) is 4.98 Å². The molecule has 3 nitrogen and oxygen atoms in total. The summed E-state index contributed by atoms with van der Waals surface area (Å²) in [6.07, 6.45) is 4.45. The monoisotopic (exact) mass is 209 g/mol. The summed E-state index contributed by atoms with van der Waals surface area (Å²) in [6.45, 7) is 1.97. The second-order valence-corrected chi connectivity index (χ2v) is 3.95. The lowest BCUT2D eigenvalue weighted by Gasteiger charge is -2.02. The van der Waals surface area contributed by atoms with Crippen LogP contribution in [0.3, 0.4) is 0 Å². The van der Waals surface area contributed by atoms with E-state index in [4.69, 9.17) is 17.3 Å². The Hall–Kier alpha value is -1.06. The van der Waals surface area contributed by atoms with Crippen molar-refractivity contribution in [3.8, 4) is 0 Å². The van der Waals surface area contributed by atoms with Crippen molar-refractivity contribution in [2.45, 2.75) is 19.4 Å². The van der Waals surface area contributed by atoms with Crippen LogP contribution in [-0.2, 0) is 6.42 Å². The van der Waals surface area contributed by atoms with Gasteiger partial charge in [0.05, 0.1) is 17.5 Å². The van der Waals surface area contributed by atoms with Crippen LogP contribution in [0.2, 0.25) is 5.02 Å². The fourth-order valence-electron chi connectivity index (χ4n) is 1.48. The van der Waals surface area contributed by atoms with E-state index >= 15 is 0 Å². The van der Waals surface area contributed by atoms with Crippen molar-refractivity contribution >= 4 is 17.1 Å². The molecule has 1 atom stereocenters. The highest BCUT2D eigenvalue weighted by Crippen LogP contribution is 2.16. The third kappa shape index (κ3) is 1.74. The Balaban J connectivity index is 2.50. The minimum Gasteiger partial charge on any atom is -0.328 e. The molecule has 0 spiro atoms. The molecule has 0 fully saturated rings. The Morgan fingerprint density at radius 3 is 3.14 bits per heavy atom. The zero-order chi connectivity index (χ0) is 10.1. The topological polar surface area (TPSA) is 43.3 Å². The maximum absolute atomic E-state index is 5.91. The first-order chi connectivity index (χ1) is 6.66. The first-order valence-electron chi connectivity index (χ1n) is 4.53. The summed E-state index contributed by atoms with van der Waals surface area (Å²) in [6, 6.07) is 3.87. The van der Waals surface area contributed by atoms with E-state index < -0.39 is 0 Å². The maximum atomic E-state index is 5.91. The first kappa shape index (κ1) is 9.49. The Labute approximate surface area is 87.5 Å². The number of fused-ring (bicyclic) bond motifs is 1. The van der Waals surface area contributed by atoms with Crippen LogP contribution in [0.25, 0.3) is 5.52 Å². The largest absolute Gasteiger partial charge is 0.328 e. The molecule has 0 aliphatic carbocycles. The number of halogens is 1. The van der Waals surface area contributed by atoms with Crippen molar-refractivity contribution in [1.29, 1.82) is 0 Å². The molecule has 0 radical (unpaired) electrons. The number of rotatable bonds is 2. The Morgan fingerprint density at radius 2 is 2.43 bits per heavy atom. The van der Waals surface area contributed by atoms with Crippen LogP contribution in [0.15, 0.2) is 24.7 Å². The number of imidazole rings is 1. The summed E-state index contributed by atoms with van der Waals surface area (Å²) in [5.41, 5.74) is 7.77. The molecule has 0 saturated carbocycles. The van der Waals surface area contributed by atoms with Gasteiger partial charge in [0.1, 0.15) is 0 Å². The van der Waals surface area contributed by atoms with Gasteiger partial charge in [-0.1, -0.05) is 11.6 Å². The zero-order valence-corrected chi connectivity index (χ0v) is 8.70. The van der Waals surface area contributed by atoms with Gasteiger partial charge in [-0.2, -0.15) is 0 Å². The van der Waals surface area contributed by atoms with E-state index in [-0.39, 0.29) is 6.04 Å². The van der Waals surface area contributed by atoms with Gasteiger partial charge in [-0.15, -0.1) is 0 Å². The molecule has 0 bridgehead atoms. The second kappa shape index (κ2) is 3.59. The van der Waals surface area contributed by atoms with Crippen molar-refractivity contribution in [3.05, 3.63) is 35.4 Å². The van der Waals surface area contributed by atoms with Gasteiger partial charge in [-0.05, 0) is 19.1 Å². The zero-order valence-electron chi connectivity index (χ0n) is 7.94. The predicted molar refractivity (Wildman–Crippen MR) is 57.6 cm³/mol. The highest BCUT2D eigenvalue weighted by molar-refractivity contribution is 6.30. The molecular weight excluding hydrogens is 198 g/mol. The quantitative estimate of drug-likeness (QED) is 0.821.